The molecule has 8 heteroatoms. The highest BCUT2D eigenvalue weighted by atomic mass is 16.2. The molecule has 3 aliphatic heterocycles. The second kappa shape index (κ2) is 9.35. The summed E-state index contributed by atoms with van der Waals surface area (Å²) in [6.07, 6.45) is 8.09. The number of hydrogen-bond acceptors (Lipinski definition) is 4. The Labute approximate surface area is 179 Å². The summed E-state index contributed by atoms with van der Waals surface area (Å²) in [5.41, 5.74) is 0. The van der Waals surface area contributed by atoms with Crippen LogP contribution in [0.25, 0.3) is 0 Å². The lowest BCUT2D eigenvalue weighted by Gasteiger charge is -2.36. The van der Waals surface area contributed by atoms with Gasteiger partial charge in [-0.25, -0.2) is 4.79 Å². The molecule has 0 bridgehead atoms. The Bertz CT molecular complexity index is 751. The number of nitrogens with zero attached hydrogens (tertiary/aromatic N) is 6. The molecule has 4 rings (SSSR count). The van der Waals surface area contributed by atoms with Gasteiger partial charge in [0.1, 0.15) is 5.82 Å². The summed E-state index contributed by atoms with van der Waals surface area (Å²) in [6.45, 7) is 8.60. The molecule has 1 aromatic rings. The predicted molar refractivity (Wildman–Crippen MR) is 114 cm³/mol. The number of fused-ring (bicyclic) bond motifs is 1. The first-order chi connectivity index (χ1) is 14.6. The first kappa shape index (κ1) is 21.1. The zero-order chi connectivity index (χ0) is 21.1. The van der Waals surface area contributed by atoms with E-state index >= 15 is 0 Å². The van der Waals surface area contributed by atoms with E-state index in [2.05, 4.69) is 19.7 Å². The third-order valence-corrected chi connectivity index (χ3v) is 7.12. The van der Waals surface area contributed by atoms with Crippen LogP contribution >= 0.6 is 0 Å². The SMILES string of the molecule is CCN(CC)C(=O)N1CCC(C(=O)N2CCC[C@H]2c2nnc3n2CCCCC3)CC1. The van der Waals surface area contributed by atoms with Gasteiger partial charge >= 0.3 is 6.03 Å². The first-order valence-electron chi connectivity index (χ1n) is 11.9. The van der Waals surface area contributed by atoms with Crippen molar-refractivity contribution >= 4 is 11.9 Å². The molecular weight excluding hydrogens is 380 g/mol. The van der Waals surface area contributed by atoms with E-state index in [-0.39, 0.29) is 23.9 Å². The van der Waals surface area contributed by atoms with Gasteiger partial charge in [-0.1, -0.05) is 6.42 Å². The maximum Gasteiger partial charge on any atom is 0.319 e. The molecular formula is C22H36N6O2. The second-order valence-corrected chi connectivity index (χ2v) is 8.84. The fourth-order valence-corrected chi connectivity index (χ4v) is 5.30. The molecule has 0 spiro atoms. The quantitative estimate of drug-likeness (QED) is 0.756. The van der Waals surface area contributed by atoms with Gasteiger partial charge in [-0.05, 0) is 52.4 Å². The number of carbonyl (C=O) groups is 2. The van der Waals surface area contributed by atoms with E-state index in [0.717, 1.165) is 76.4 Å². The van der Waals surface area contributed by atoms with Gasteiger partial charge in [0.05, 0.1) is 6.04 Å². The second-order valence-electron chi connectivity index (χ2n) is 8.84. The smallest absolute Gasteiger partial charge is 0.319 e. The monoisotopic (exact) mass is 416 g/mol. The summed E-state index contributed by atoms with van der Waals surface area (Å²) in [5, 5.41) is 8.99. The average molecular weight is 417 g/mol. The molecule has 8 nitrogen and oxygen atoms in total. The highest BCUT2D eigenvalue weighted by molar-refractivity contribution is 5.80. The Hall–Kier alpha value is -2.12. The number of likely N-dealkylation sites (tertiary alicyclic amines) is 2. The maximum atomic E-state index is 13.4. The summed E-state index contributed by atoms with van der Waals surface area (Å²) >= 11 is 0. The predicted octanol–water partition coefficient (Wildman–Crippen LogP) is 2.84. The standard InChI is InChI=1S/C22H36N6O2/c1-3-25(4-2)22(30)26-15-11-17(12-16-26)21(29)27-14-8-9-18(27)20-24-23-19-10-6-5-7-13-28(19)20/h17-18H,3-16H2,1-2H3/t18-/m0/s1. The fourth-order valence-electron chi connectivity index (χ4n) is 5.30. The molecule has 0 saturated carbocycles. The number of aromatic nitrogens is 3. The van der Waals surface area contributed by atoms with E-state index in [4.69, 9.17) is 0 Å². The molecule has 0 unspecified atom stereocenters. The van der Waals surface area contributed by atoms with Gasteiger partial charge in [-0.3, -0.25) is 4.79 Å². The average Bonchev–Trinajstić information content (AvgIpc) is 3.34. The first-order valence-corrected chi connectivity index (χ1v) is 11.9. The van der Waals surface area contributed by atoms with Crippen molar-refractivity contribution in [3.63, 3.8) is 0 Å². The Balaban J connectivity index is 1.40. The van der Waals surface area contributed by atoms with Crippen LogP contribution in [0.1, 0.15) is 76.5 Å². The van der Waals surface area contributed by atoms with Crippen molar-refractivity contribution in [3.8, 4) is 0 Å². The Kier molecular flexibility index (Phi) is 6.58. The van der Waals surface area contributed by atoms with Gasteiger partial charge < -0.3 is 19.3 Å². The topological polar surface area (TPSA) is 74.6 Å². The maximum absolute atomic E-state index is 13.4. The number of aryl methyl sites for hydroxylation is 1. The molecule has 0 aromatic carbocycles. The Morgan fingerprint density at radius 2 is 1.70 bits per heavy atom. The van der Waals surface area contributed by atoms with E-state index in [1.54, 1.807) is 0 Å². The molecule has 1 atom stereocenters. The van der Waals surface area contributed by atoms with Crippen LogP contribution in [-0.2, 0) is 17.8 Å². The normalized spacial score (nSPS) is 22.7. The molecule has 4 heterocycles. The highest BCUT2D eigenvalue weighted by Gasteiger charge is 2.38. The summed E-state index contributed by atoms with van der Waals surface area (Å²) in [5.74, 6) is 2.34. The van der Waals surface area contributed by atoms with Gasteiger partial charge in [0.25, 0.3) is 0 Å². The zero-order valence-electron chi connectivity index (χ0n) is 18.6. The molecule has 30 heavy (non-hydrogen) atoms. The number of amides is 3. The Morgan fingerprint density at radius 1 is 0.933 bits per heavy atom. The van der Waals surface area contributed by atoms with Crippen molar-refractivity contribution in [2.75, 3.05) is 32.7 Å². The van der Waals surface area contributed by atoms with E-state index in [0.29, 0.717) is 13.1 Å². The van der Waals surface area contributed by atoms with Gasteiger partial charge in [0.15, 0.2) is 5.82 Å². The molecule has 3 amide bonds. The third kappa shape index (κ3) is 4.05. The minimum Gasteiger partial charge on any atom is -0.332 e. The molecule has 0 N–H and O–H groups in total. The number of rotatable bonds is 4. The van der Waals surface area contributed by atoms with Crippen molar-refractivity contribution in [2.45, 2.75) is 77.8 Å². The summed E-state index contributed by atoms with van der Waals surface area (Å²) in [4.78, 5) is 31.9. The summed E-state index contributed by atoms with van der Waals surface area (Å²) < 4.78 is 2.29. The summed E-state index contributed by atoms with van der Waals surface area (Å²) in [7, 11) is 0. The van der Waals surface area contributed by atoms with Gasteiger partial charge in [-0.2, -0.15) is 0 Å². The van der Waals surface area contributed by atoms with Crippen LogP contribution < -0.4 is 0 Å². The zero-order valence-corrected chi connectivity index (χ0v) is 18.6. The largest absolute Gasteiger partial charge is 0.332 e. The van der Waals surface area contributed by atoms with E-state index in [1.807, 2.05) is 23.6 Å². The molecule has 166 valence electrons. The van der Waals surface area contributed by atoms with Crippen molar-refractivity contribution < 1.29 is 9.59 Å². The van der Waals surface area contributed by atoms with Crippen molar-refractivity contribution in [2.24, 2.45) is 5.92 Å². The lowest BCUT2D eigenvalue weighted by Crippen LogP contribution is -2.49. The van der Waals surface area contributed by atoms with E-state index < -0.39 is 0 Å². The van der Waals surface area contributed by atoms with Gasteiger partial charge in [0.2, 0.25) is 5.91 Å². The van der Waals surface area contributed by atoms with Gasteiger partial charge in [-0.15, -0.1) is 10.2 Å². The summed E-state index contributed by atoms with van der Waals surface area (Å²) in [6, 6.07) is 0.170. The molecule has 2 fully saturated rings. The number of carbonyl (C=O) groups excluding carboxylic acids is 2. The van der Waals surface area contributed by atoms with Crippen molar-refractivity contribution in [1.82, 2.24) is 29.5 Å². The lowest BCUT2D eigenvalue weighted by molar-refractivity contribution is -0.138. The van der Waals surface area contributed by atoms with Crippen LogP contribution in [-0.4, -0.2) is 74.1 Å². The Morgan fingerprint density at radius 3 is 2.43 bits per heavy atom. The van der Waals surface area contributed by atoms with E-state index in [9.17, 15) is 9.59 Å². The number of hydrogen-bond donors (Lipinski definition) is 0. The van der Waals surface area contributed by atoms with Crippen LogP contribution in [0.15, 0.2) is 0 Å². The van der Waals surface area contributed by atoms with Crippen LogP contribution in [0.5, 0.6) is 0 Å². The van der Waals surface area contributed by atoms with Gasteiger partial charge in [0, 0.05) is 51.6 Å². The highest BCUT2D eigenvalue weighted by Crippen LogP contribution is 2.35. The number of urea groups is 1. The molecule has 0 aliphatic carbocycles. The minimum atomic E-state index is 0.0119. The van der Waals surface area contributed by atoms with Crippen LogP contribution in [0.3, 0.4) is 0 Å². The minimum absolute atomic E-state index is 0.0119. The molecule has 0 radical (unpaired) electrons. The van der Waals surface area contributed by atoms with Crippen LogP contribution in [0.4, 0.5) is 4.79 Å². The van der Waals surface area contributed by atoms with Crippen molar-refractivity contribution in [1.29, 1.82) is 0 Å². The molecule has 1 aromatic heterocycles. The lowest BCUT2D eigenvalue weighted by atomic mass is 9.95. The number of piperidine rings is 1. The molecule has 3 aliphatic rings. The van der Waals surface area contributed by atoms with Crippen LogP contribution in [0.2, 0.25) is 0 Å². The third-order valence-electron chi connectivity index (χ3n) is 7.12. The van der Waals surface area contributed by atoms with Crippen LogP contribution in [0, 0.1) is 5.92 Å². The van der Waals surface area contributed by atoms with Crippen molar-refractivity contribution in [3.05, 3.63) is 11.6 Å². The molecule has 2 saturated heterocycles. The fraction of sp³-hybridized carbons (Fsp3) is 0.818. The van der Waals surface area contributed by atoms with E-state index in [1.165, 1.54) is 12.8 Å².